The first kappa shape index (κ1) is 14.9. The van der Waals surface area contributed by atoms with Crippen molar-refractivity contribution in [1.29, 1.82) is 0 Å². The van der Waals surface area contributed by atoms with Gasteiger partial charge in [0.15, 0.2) is 10.9 Å². The van der Waals surface area contributed by atoms with Crippen LogP contribution in [0.15, 0.2) is 70.6 Å². The van der Waals surface area contributed by atoms with Gasteiger partial charge in [-0.3, -0.25) is 9.48 Å². The van der Waals surface area contributed by atoms with Crippen LogP contribution in [0, 0.1) is 0 Å². The monoisotopic (exact) mass is 328 g/mol. The minimum Gasteiger partial charge on any atom is -0.288 e. The molecule has 3 aromatic rings. The van der Waals surface area contributed by atoms with Gasteiger partial charge in [0.05, 0.1) is 5.56 Å². The van der Waals surface area contributed by atoms with Gasteiger partial charge in [-0.1, -0.05) is 71.9 Å². The summed E-state index contributed by atoms with van der Waals surface area (Å²) in [7, 11) is 1.79. The van der Waals surface area contributed by atoms with E-state index in [1.807, 2.05) is 48.5 Å². The minimum absolute atomic E-state index is 0.114. The van der Waals surface area contributed by atoms with Crippen LogP contribution in [0.1, 0.15) is 15.9 Å². The summed E-state index contributed by atoms with van der Waals surface area (Å²) in [4.78, 5) is 13.8. The predicted molar refractivity (Wildman–Crippen MR) is 88.7 cm³/mol. The van der Waals surface area contributed by atoms with Gasteiger partial charge in [0, 0.05) is 17.5 Å². The summed E-state index contributed by atoms with van der Waals surface area (Å²) in [6.07, 6.45) is 0. The Morgan fingerprint density at radius 3 is 2.27 bits per heavy atom. The van der Waals surface area contributed by atoms with Crippen molar-refractivity contribution in [3.05, 3.63) is 76.9 Å². The van der Waals surface area contributed by atoms with E-state index in [4.69, 9.17) is 11.6 Å². The second kappa shape index (κ2) is 6.38. The van der Waals surface area contributed by atoms with Crippen LogP contribution in [0.2, 0.25) is 5.15 Å². The lowest BCUT2D eigenvalue weighted by atomic mass is 10.1. The Bertz CT molecular complexity index is 800. The SMILES string of the molecule is Cn1nc(Cl)c(C(=O)c2ccccc2)c1Sc1ccccc1. The number of carbonyl (C=O) groups is 1. The number of ketones is 1. The molecule has 2 aromatic carbocycles. The van der Waals surface area contributed by atoms with Crippen molar-refractivity contribution in [2.45, 2.75) is 9.92 Å². The summed E-state index contributed by atoms with van der Waals surface area (Å²) in [5.41, 5.74) is 1.05. The number of hydrogen-bond acceptors (Lipinski definition) is 3. The lowest BCUT2D eigenvalue weighted by Gasteiger charge is -2.05. The minimum atomic E-state index is -0.114. The van der Waals surface area contributed by atoms with Gasteiger partial charge in [-0.15, -0.1) is 0 Å². The number of nitrogens with zero attached hydrogens (tertiary/aromatic N) is 2. The van der Waals surface area contributed by atoms with Crippen molar-refractivity contribution < 1.29 is 4.79 Å². The zero-order chi connectivity index (χ0) is 15.5. The third-order valence-corrected chi connectivity index (χ3v) is 4.61. The maximum absolute atomic E-state index is 12.7. The zero-order valence-electron chi connectivity index (χ0n) is 11.9. The van der Waals surface area contributed by atoms with Crippen LogP contribution in [0.3, 0.4) is 0 Å². The van der Waals surface area contributed by atoms with Crippen molar-refractivity contribution in [3.63, 3.8) is 0 Å². The van der Waals surface area contributed by atoms with Gasteiger partial charge in [-0.25, -0.2) is 0 Å². The highest BCUT2D eigenvalue weighted by Crippen LogP contribution is 2.34. The number of aryl methyl sites for hydroxylation is 1. The average molecular weight is 329 g/mol. The molecular formula is C17H13ClN2OS. The number of rotatable bonds is 4. The molecule has 0 bridgehead atoms. The summed E-state index contributed by atoms with van der Waals surface area (Å²) < 4.78 is 1.65. The van der Waals surface area contributed by atoms with Crippen LogP contribution in [-0.4, -0.2) is 15.6 Å². The van der Waals surface area contributed by atoms with Gasteiger partial charge < -0.3 is 0 Å². The molecule has 3 nitrogen and oxygen atoms in total. The molecule has 0 unspecified atom stereocenters. The first-order valence-corrected chi connectivity index (χ1v) is 7.91. The lowest BCUT2D eigenvalue weighted by Crippen LogP contribution is -2.03. The lowest BCUT2D eigenvalue weighted by molar-refractivity contribution is 0.103. The first-order valence-electron chi connectivity index (χ1n) is 6.72. The van der Waals surface area contributed by atoms with Gasteiger partial charge >= 0.3 is 0 Å². The molecule has 22 heavy (non-hydrogen) atoms. The van der Waals surface area contributed by atoms with Crippen molar-refractivity contribution in [3.8, 4) is 0 Å². The summed E-state index contributed by atoms with van der Waals surface area (Å²) in [6, 6.07) is 19.0. The third kappa shape index (κ3) is 2.93. The van der Waals surface area contributed by atoms with Gasteiger partial charge in [0.25, 0.3) is 0 Å². The highest BCUT2D eigenvalue weighted by molar-refractivity contribution is 7.99. The number of halogens is 1. The maximum atomic E-state index is 12.7. The van der Waals surface area contributed by atoms with E-state index < -0.39 is 0 Å². The molecule has 0 spiro atoms. The van der Waals surface area contributed by atoms with E-state index in [9.17, 15) is 4.79 Å². The summed E-state index contributed by atoms with van der Waals surface area (Å²) in [5, 5.41) is 5.17. The molecule has 0 radical (unpaired) electrons. The molecule has 1 aromatic heterocycles. The van der Waals surface area contributed by atoms with E-state index in [0.29, 0.717) is 11.1 Å². The fourth-order valence-corrected chi connectivity index (χ4v) is 3.44. The van der Waals surface area contributed by atoms with Crippen molar-refractivity contribution in [1.82, 2.24) is 9.78 Å². The number of hydrogen-bond donors (Lipinski definition) is 0. The Morgan fingerprint density at radius 2 is 1.64 bits per heavy atom. The molecule has 0 N–H and O–H groups in total. The number of benzene rings is 2. The predicted octanol–water partition coefficient (Wildman–Crippen LogP) is 4.46. The Morgan fingerprint density at radius 1 is 1.05 bits per heavy atom. The van der Waals surface area contributed by atoms with E-state index >= 15 is 0 Å². The van der Waals surface area contributed by atoms with Crippen LogP contribution < -0.4 is 0 Å². The van der Waals surface area contributed by atoms with Crippen LogP contribution in [0.4, 0.5) is 0 Å². The van der Waals surface area contributed by atoms with Crippen molar-refractivity contribution >= 4 is 29.1 Å². The molecule has 110 valence electrons. The molecule has 0 saturated heterocycles. The van der Waals surface area contributed by atoms with Crippen LogP contribution in [0.5, 0.6) is 0 Å². The average Bonchev–Trinajstić information content (AvgIpc) is 2.82. The molecule has 5 heteroatoms. The van der Waals surface area contributed by atoms with Gasteiger partial charge in [-0.2, -0.15) is 5.10 Å². The molecule has 3 rings (SSSR count). The highest BCUT2D eigenvalue weighted by Gasteiger charge is 2.23. The Hall–Kier alpha value is -2.04. The topological polar surface area (TPSA) is 34.9 Å². The molecule has 0 aliphatic heterocycles. The smallest absolute Gasteiger partial charge is 0.198 e. The second-order valence-electron chi connectivity index (χ2n) is 4.70. The van der Waals surface area contributed by atoms with Crippen molar-refractivity contribution in [2.24, 2.45) is 7.05 Å². The standard InChI is InChI=1S/C17H13ClN2OS/c1-20-17(22-13-10-6-3-7-11-13)14(16(18)19-20)15(21)12-8-4-2-5-9-12/h2-11H,1H3. The third-order valence-electron chi connectivity index (χ3n) is 3.17. The first-order chi connectivity index (χ1) is 10.7. The zero-order valence-corrected chi connectivity index (χ0v) is 13.4. The molecule has 0 aliphatic carbocycles. The summed E-state index contributed by atoms with van der Waals surface area (Å²) >= 11 is 7.67. The maximum Gasteiger partial charge on any atom is 0.198 e. The Balaban J connectivity index is 2.03. The van der Waals surface area contributed by atoms with E-state index in [0.717, 1.165) is 9.92 Å². The van der Waals surface area contributed by atoms with E-state index in [1.165, 1.54) is 11.8 Å². The van der Waals surface area contributed by atoms with Crippen molar-refractivity contribution in [2.75, 3.05) is 0 Å². The Labute approximate surface area is 137 Å². The summed E-state index contributed by atoms with van der Waals surface area (Å²) in [5.74, 6) is -0.114. The molecule has 0 fully saturated rings. The largest absolute Gasteiger partial charge is 0.288 e. The van der Waals surface area contributed by atoms with E-state index in [-0.39, 0.29) is 10.9 Å². The quantitative estimate of drug-likeness (QED) is 0.663. The normalized spacial score (nSPS) is 10.6. The molecule has 0 aliphatic rings. The van der Waals surface area contributed by atoms with Gasteiger partial charge in [-0.05, 0) is 12.1 Å². The van der Waals surface area contributed by atoms with Crippen LogP contribution in [0.25, 0.3) is 0 Å². The summed E-state index contributed by atoms with van der Waals surface area (Å²) in [6.45, 7) is 0. The fraction of sp³-hybridized carbons (Fsp3) is 0.0588. The highest BCUT2D eigenvalue weighted by atomic mass is 35.5. The van der Waals surface area contributed by atoms with Gasteiger partial charge in [0.1, 0.15) is 5.03 Å². The molecule has 1 heterocycles. The molecular weight excluding hydrogens is 316 g/mol. The fourth-order valence-electron chi connectivity index (χ4n) is 2.12. The van der Waals surface area contributed by atoms with Crippen LogP contribution in [-0.2, 0) is 7.05 Å². The van der Waals surface area contributed by atoms with E-state index in [1.54, 1.807) is 23.9 Å². The Kier molecular flexibility index (Phi) is 4.32. The van der Waals surface area contributed by atoms with Gasteiger partial charge in [0.2, 0.25) is 0 Å². The number of aromatic nitrogens is 2. The number of carbonyl (C=O) groups excluding carboxylic acids is 1. The molecule has 0 amide bonds. The van der Waals surface area contributed by atoms with Crippen LogP contribution >= 0.6 is 23.4 Å². The molecule has 0 atom stereocenters. The second-order valence-corrected chi connectivity index (χ2v) is 6.13. The van der Waals surface area contributed by atoms with E-state index in [2.05, 4.69) is 5.10 Å². The molecule has 0 saturated carbocycles.